The Hall–Kier alpha value is -2.11. The maximum Gasteiger partial charge on any atom is 0.329 e. The summed E-state index contributed by atoms with van der Waals surface area (Å²) in [6, 6.07) is 16.0. The fraction of sp³-hybridized carbons (Fsp3) is 0.222. The topological polar surface area (TPSA) is 41.6 Å². The number of urea groups is 1. The predicted octanol–water partition coefficient (Wildman–Crippen LogP) is 4.79. The highest BCUT2D eigenvalue weighted by Crippen LogP contribution is 2.39. The summed E-state index contributed by atoms with van der Waals surface area (Å²) in [5.41, 5.74) is 0.893. The van der Waals surface area contributed by atoms with Crippen LogP contribution in [0.5, 0.6) is 0 Å². The molecule has 1 N–H and O–H groups in total. The fourth-order valence-corrected chi connectivity index (χ4v) is 3.31. The summed E-state index contributed by atoms with van der Waals surface area (Å²) in [5.74, 6) is 0. The molecule has 124 valence electrons. The highest BCUT2D eigenvalue weighted by molar-refractivity contribution is 7.80. The highest BCUT2D eigenvalue weighted by Gasteiger charge is 2.50. The molecular weight excluding hydrogens is 344 g/mol. The van der Waals surface area contributed by atoms with Gasteiger partial charge in [0.25, 0.3) is 5.17 Å². The van der Waals surface area contributed by atoms with Gasteiger partial charge in [-0.25, -0.2) is 9.69 Å². The number of carbonyl (C=O) groups excluding carboxylic acids is 1. The third-order valence-electron chi connectivity index (χ3n) is 4.34. The van der Waals surface area contributed by atoms with Crippen molar-refractivity contribution < 1.29 is 9.53 Å². The molecule has 1 saturated heterocycles. The molecule has 0 saturated carbocycles. The van der Waals surface area contributed by atoms with Gasteiger partial charge in [-0.05, 0) is 55.9 Å². The smallest absolute Gasteiger partial charge is 0.329 e. The molecule has 2 aromatic carbocycles. The SMILES string of the molecule is C[C@H]1N(C(=O)Nc2ccccc2)C(=S)O[C@]1(C)c1ccc(Cl)cc1. The van der Waals surface area contributed by atoms with Crippen LogP contribution in [0.3, 0.4) is 0 Å². The molecule has 0 unspecified atom stereocenters. The number of halogens is 1. The lowest BCUT2D eigenvalue weighted by atomic mass is 9.89. The van der Waals surface area contributed by atoms with Crippen molar-refractivity contribution in [3.8, 4) is 0 Å². The first-order chi connectivity index (χ1) is 11.4. The van der Waals surface area contributed by atoms with E-state index in [2.05, 4.69) is 5.32 Å². The van der Waals surface area contributed by atoms with Crippen LogP contribution < -0.4 is 5.32 Å². The van der Waals surface area contributed by atoms with E-state index in [4.69, 9.17) is 28.6 Å². The average Bonchev–Trinajstić information content (AvgIpc) is 2.79. The molecule has 0 aromatic heterocycles. The largest absolute Gasteiger partial charge is 0.457 e. The van der Waals surface area contributed by atoms with Gasteiger partial charge in [0.15, 0.2) is 5.60 Å². The number of benzene rings is 2. The number of rotatable bonds is 2. The third kappa shape index (κ3) is 2.97. The number of nitrogens with one attached hydrogen (secondary N) is 1. The zero-order valence-corrected chi connectivity index (χ0v) is 14.9. The van der Waals surface area contributed by atoms with Gasteiger partial charge >= 0.3 is 6.03 Å². The standard InChI is InChI=1S/C18H17ClN2O2S/c1-12-18(2,13-8-10-14(19)11-9-13)23-17(24)21(12)16(22)20-15-6-4-3-5-7-15/h3-12H,1-2H3,(H,20,22)/t12-,18+/m1/s1. The maximum atomic E-state index is 12.6. The second kappa shape index (κ2) is 6.42. The van der Waals surface area contributed by atoms with Crippen molar-refractivity contribution in [3.63, 3.8) is 0 Å². The lowest BCUT2D eigenvalue weighted by Gasteiger charge is -2.29. The Morgan fingerprint density at radius 3 is 2.46 bits per heavy atom. The van der Waals surface area contributed by atoms with Gasteiger partial charge in [-0.3, -0.25) is 0 Å². The molecule has 1 fully saturated rings. The number of hydrogen-bond acceptors (Lipinski definition) is 3. The Kier molecular flexibility index (Phi) is 4.47. The number of hydrogen-bond donors (Lipinski definition) is 1. The van der Waals surface area contributed by atoms with E-state index in [-0.39, 0.29) is 17.2 Å². The molecule has 0 bridgehead atoms. The van der Waals surface area contributed by atoms with E-state index in [1.54, 1.807) is 12.1 Å². The quantitative estimate of drug-likeness (QED) is 0.782. The Balaban J connectivity index is 1.84. The zero-order chi connectivity index (χ0) is 17.3. The van der Waals surface area contributed by atoms with Gasteiger partial charge in [-0.2, -0.15) is 0 Å². The minimum Gasteiger partial charge on any atom is -0.457 e. The van der Waals surface area contributed by atoms with Crippen molar-refractivity contribution in [1.29, 1.82) is 0 Å². The van der Waals surface area contributed by atoms with Gasteiger partial charge in [-0.1, -0.05) is 41.9 Å². The third-order valence-corrected chi connectivity index (χ3v) is 4.87. The van der Waals surface area contributed by atoms with Gasteiger partial charge in [-0.15, -0.1) is 0 Å². The molecule has 1 aliphatic heterocycles. The van der Waals surface area contributed by atoms with E-state index in [1.165, 1.54) is 4.90 Å². The van der Waals surface area contributed by atoms with Crippen molar-refractivity contribution in [2.75, 3.05) is 5.32 Å². The summed E-state index contributed by atoms with van der Waals surface area (Å²) in [4.78, 5) is 14.1. The van der Waals surface area contributed by atoms with Gasteiger partial charge in [0.2, 0.25) is 0 Å². The molecule has 1 aliphatic rings. The molecule has 24 heavy (non-hydrogen) atoms. The minimum absolute atomic E-state index is 0.161. The molecule has 3 rings (SSSR count). The van der Waals surface area contributed by atoms with Crippen molar-refractivity contribution >= 4 is 40.7 Å². The molecule has 2 atom stereocenters. The molecule has 6 heteroatoms. The predicted molar refractivity (Wildman–Crippen MR) is 99.2 cm³/mol. The van der Waals surface area contributed by atoms with E-state index in [1.807, 2.05) is 56.3 Å². The van der Waals surface area contributed by atoms with Crippen molar-refractivity contribution in [2.45, 2.75) is 25.5 Å². The number of thiocarbonyl (C=S) groups is 1. The maximum absolute atomic E-state index is 12.6. The molecule has 0 radical (unpaired) electrons. The Morgan fingerprint density at radius 2 is 1.83 bits per heavy atom. The normalized spacial score (nSPS) is 23.0. The summed E-state index contributed by atoms with van der Waals surface area (Å²) in [6.07, 6.45) is 0. The number of carbonyl (C=O) groups is 1. The molecule has 1 heterocycles. The Morgan fingerprint density at radius 1 is 1.21 bits per heavy atom. The first-order valence-electron chi connectivity index (χ1n) is 7.56. The van der Waals surface area contributed by atoms with E-state index in [0.29, 0.717) is 10.7 Å². The van der Waals surface area contributed by atoms with Crippen LogP contribution in [-0.4, -0.2) is 22.1 Å². The van der Waals surface area contributed by atoms with Gasteiger partial charge in [0.1, 0.15) is 0 Å². The van der Waals surface area contributed by atoms with Crippen molar-refractivity contribution in [2.24, 2.45) is 0 Å². The highest BCUT2D eigenvalue weighted by atomic mass is 35.5. The van der Waals surface area contributed by atoms with Crippen LogP contribution in [0.1, 0.15) is 19.4 Å². The van der Waals surface area contributed by atoms with Crippen LogP contribution in [0.2, 0.25) is 5.02 Å². The molecule has 4 nitrogen and oxygen atoms in total. The fourth-order valence-electron chi connectivity index (χ4n) is 2.77. The van der Waals surface area contributed by atoms with Crippen LogP contribution in [0.15, 0.2) is 54.6 Å². The Labute approximate surface area is 151 Å². The summed E-state index contributed by atoms with van der Waals surface area (Å²) in [5, 5.41) is 3.65. The van der Waals surface area contributed by atoms with Gasteiger partial charge in [0, 0.05) is 10.7 Å². The van der Waals surface area contributed by atoms with Crippen LogP contribution in [0.25, 0.3) is 0 Å². The zero-order valence-electron chi connectivity index (χ0n) is 13.3. The molecule has 0 spiro atoms. The van der Waals surface area contributed by atoms with Gasteiger partial charge in [0.05, 0.1) is 6.04 Å². The van der Waals surface area contributed by atoms with E-state index >= 15 is 0 Å². The van der Waals surface area contributed by atoms with Crippen LogP contribution >= 0.6 is 23.8 Å². The summed E-state index contributed by atoms with van der Waals surface area (Å²) in [7, 11) is 0. The van der Waals surface area contributed by atoms with Crippen LogP contribution in [-0.2, 0) is 10.3 Å². The lowest BCUT2D eigenvalue weighted by Crippen LogP contribution is -2.44. The summed E-state index contributed by atoms with van der Waals surface area (Å²) >= 11 is 11.3. The van der Waals surface area contributed by atoms with Gasteiger partial charge < -0.3 is 10.1 Å². The first-order valence-corrected chi connectivity index (χ1v) is 8.35. The monoisotopic (exact) mass is 360 g/mol. The number of anilines is 1. The number of amides is 2. The van der Waals surface area contributed by atoms with E-state index in [0.717, 1.165) is 5.56 Å². The first kappa shape index (κ1) is 16.7. The Bertz CT molecular complexity index is 766. The van der Waals surface area contributed by atoms with Crippen molar-refractivity contribution in [3.05, 3.63) is 65.2 Å². The summed E-state index contributed by atoms with van der Waals surface area (Å²) < 4.78 is 5.91. The molecule has 0 aliphatic carbocycles. The second-order valence-corrected chi connectivity index (χ2v) is 6.61. The minimum atomic E-state index is -0.726. The van der Waals surface area contributed by atoms with E-state index in [9.17, 15) is 4.79 Å². The van der Waals surface area contributed by atoms with Crippen LogP contribution in [0, 0.1) is 0 Å². The second-order valence-electron chi connectivity index (χ2n) is 5.82. The summed E-state index contributed by atoms with van der Waals surface area (Å²) in [6.45, 7) is 3.83. The molecular formula is C18H17ClN2O2S. The average molecular weight is 361 g/mol. The van der Waals surface area contributed by atoms with Crippen molar-refractivity contribution in [1.82, 2.24) is 4.90 Å². The molecule has 2 amide bonds. The van der Waals surface area contributed by atoms with Crippen LogP contribution in [0.4, 0.5) is 10.5 Å². The molecule has 2 aromatic rings. The van der Waals surface area contributed by atoms with E-state index < -0.39 is 5.60 Å². The number of ether oxygens (including phenoxy) is 1. The number of nitrogens with zero attached hydrogens (tertiary/aromatic N) is 1. The number of para-hydroxylation sites is 1. The lowest BCUT2D eigenvalue weighted by molar-refractivity contribution is 0.0812.